The van der Waals surface area contributed by atoms with Crippen LogP contribution in [-0.4, -0.2) is 39.8 Å². The molecule has 19 heavy (non-hydrogen) atoms. The standard InChI is InChI=1S/C12H18N4O3/c1-7(2)6-13-11(17)8(3)14-10-5-4-9(12(18)19)15-16-10/h4-5,7-8H,6H2,1-3H3,(H,13,17)(H,14,16)(H,18,19). The van der Waals surface area contributed by atoms with Gasteiger partial charge in [-0.25, -0.2) is 4.79 Å². The van der Waals surface area contributed by atoms with Gasteiger partial charge in [0.1, 0.15) is 11.9 Å². The number of hydrogen-bond donors (Lipinski definition) is 3. The monoisotopic (exact) mass is 266 g/mol. The van der Waals surface area contributed by atoms with E-state index in [0.29, 0.717) is 18.3 Å². The summed E-state index contributed by atoms with van der Waals surface area (Å²) >= 11 is 0. The summed E-state index contributed by atoms with van der Waals surface area (Å²) < 4.78 is 0. The number of carboxylic acid groups (broad SMARTS) is 1. The van der Waals surface area contributed by atoms with Crippen LogP contribution in [0.2, 0.25) is 0 Å². The second-order valence-electron chi connectivity index (χ2n) is 4.61. The van der Waals surface area contributed by atoms with Crippen molar-refractivity contribution in [3.8, 4) is 0 Å². The zero-order chi connectivity index (χ0) is 14.4. The zero-order valence-corrected chi connectivity index (χ0v) is 11.2. The molecule has 7 heteroatoms. The van der Waals surface area contributed by atoms with Crippen molar-refractivity contribution in [1.82, 2.24) is 15.5 Å². The van der Waals surface area contributed by atoms with E-state index >= 15 is 0 Å². The van der Waals surface area contributed by atoms with Crippen LogP contribution in [0.5, 0.6) is 0 Å². The van der Waals surface area contributed by atoms with Gasteiger partial charge >= 0.3 is 5.97 Å². The van der Waals surface area contributed by atoms with E-state index in [0.717, 1.165) is 0 Å². The molecule has 1 heterocycles. The van der Waals surface area contributed by atoms with Crippen LogP contribution < -0.4 is 10.6 Å². The minimum atomic E-state index is -1.14. The fraction of sp³-hybridized carbons (Fsp3) is 0.500. The Morgan fingerprint density at radius 3 is 2.42 bits per heavy atom. The fourth-order valence-corrected chi connectivity index (χ4v) is 1.27. The summed E-state index contributed by atoms with van der Waals surface area (Å²) in [7, 11) is 0. The van der Waals surface area contributed by atoms with Crippen molar-refractivity contribution in [2.24, 2.45) is 5.92 Å². The van der Waals surface area contributed by atoms with Gasteiger partial charge in [0.05, 0.1) is 0 Å². The molecule has 0 spiro atoms. The summed E-state index contributed by atoms with van der Waals surface area (Å²) in [5.74, 6) is -0.539. The number of nitrogens with one attached hydrogen (secondary N) is 2. The van der Waals surface area contributed by atoms with Crippen molar-refractivity contribution in [2.75, 3.05) is 11.9 Å². The van der Waals surface area contributed by atoms with Gasteiger partial charge in [0, 0.05) is 6.54 Å². The lowest BCUT2D eigenvalue weighted by atomic mass is 10.2. The first-order valence-electron chi connectivity index (χ1n) is 6.01. The van der Waals surface area contributed by atoms with Crippen LogP contribution in [0, 0.1) is 5.92 Å². The summed E-state index contributed by atoms with van der Waals surface area (Å²) in [6, 6.07) is 2.34. The highest BCUT2D eigenvalue weighted by Gasteiger charge is 2.13. The van der Waals surface area contributed by atoms with Gasteiger partial charge in [-0.05, 0) is 25.0 Å². The molecule has 0 radical (unpaired) electrons. The maximum Gasteiger partial charge on any atom is 0.356 e. The van der Waals surface area contributed by atoms with E-state index in [1.807, 2.05) is 13.8 Å². The molecule has 0 saturated heterocycles. The second-order valence-corrected chi connectivity index (χ2v) is 4.61. The topological polar surface area (TPSA) is 104 Å². The van der Waals surface area contributed by atoms with Gasteiger partial charge in [-0.1, -0.05) is 13.8 Å². The van der Waals surface area contributed by atoms with E-state index in [-0.39, 0.29) is 11.6 Å². The van der Waals surface area contributed by atoms with E-state index < -0.39 is 12.0 Å². The zero-order valence-electron chi connectivity index (χ0n) is 11.2. The minimum absolute atomic E-state index is 0.137. The molecular formula is C12H18N4O3. The number of hydrogen-bond acceptors (Lipinski definition) is 5. The number of amides is 1. The number of carbonyl (C=O) groups is 2. The van der Waals surface area contributed by atoms with Crippen LogP contribution >= 0.6 is 0 Å². The Bertz CT molecular complexity index is 445. The number of carboxylic acids is 1. The number of aromatic nitrogens is 2. The van der Waals surface area contributed by atoms with Crippen LogP contribution in [0.3, 0.4) is 0 Å². The molecule has 1 aromatic heterocycles. The van der Waals surface area contributed by atoms with Crippen molar-refractivity contribution in [3.63, 3.8) is 0 Å². The lowest BCUT2D eigenvalue weighted by Gasteiger charge is -2.15. The first kappa shape index (κ1) is 14.9. The van der Waals surface area contributed by atoms with Gasteiger partial charge < -0.3 is 15.7 Å². The van der Waals surface area contributed by atoms with Crippen molar-refractivity contribution >= 4 is 17.7 Å². The lowest BCUT2D eigenvalue weighted by molar-refractivity contribution is -0.121. The highest BCUT2D eigenvalue weighted by molar-refractivity contribution is 5.85. The Hall–Kier alpha value is -2.18. The Morgan fingerprint density at radius 2 is 1.95 bits per heavy atom. The average Bonchev–Trinajstić information content (AvgIpc) is 2.36. The highest BCUT2D eigenvalue weighted by atomic mass is 16.4. The quantitative estimate of drug-likeness (QED) is 0.701. The molecule has 0 aliphatic heterocycles. The van der Waals surface area contributed by atoms with Crippen LogP contribution in [0.25, 0.3) is 0 Å². The van der Waals surface area contributed by atoms with Crippen LogP contribution in [0.1, 0.15) is 31.3 Å². The van der Waals surface area contributed by atoms with Crippen molar-refractivity contribution < 1.29 is 14.7 Å². The third-order valence-corrected chi connectivity index (χ3v) is 2.33. The number of nitrogens with zero attached hydrogens (tertiary/aromatic N) is 2. The second kappa shape index (κ2) is 6.67. The predicted octanol–water partition coefficient (Wildman–Crippen LogP) is 0.747. The van der Waals surface area contributed by atoms with Crippen LogP contribution in [0.4, 0.5) is 5.82 Å². The maximum atomic E-state index is 11.7. The Morgan fingerprint density at radius 1 is 1.26 bits per heavy atom. The summed E-state index contributed by atoms with van der Waals surface area (Å²) in [6.45, 7) is 6.32. The van der Waals surface area contributed by atoms with E-state index in [2.05, 4.69) is 20.8 Å². The molecule has 0 fully saturated rings. The summed E-state index contributed by atoms with van der Waals surface area (Å²) in [5.41, 5.74) is -0.137. The third kappa shape index (κ3) is 4.90. The molecule has 0 aliphatic carbocycles. The molecule has 0 bridgehead atoms. The van der Waals surface area contributed by atoms with Crippen LogP contribution in [0.15, 0.2) is 12.1 Å². The van der Waals surface area contributed by atoms with Gasteiger partial charge in [-0.3, -0.25) is 4.79 Å². The number of anilines is 1. The van der Waals surface area contributed by atoms with Crippen molar-refractivity contribution in [1.29, 1.82) is 0 Å². The largest absolute Gasteiger partial charge is 0.476 e. The maximum absolute atomic E-state index is 11.7. The number of carbonyl (C=O) groups excluding carboxylic acids is 1. The molecule has 0 aliphatic rings. The molecule has 1 rings (SSSR count). The fourth-order valence-electron chi connectivity index (χ4n) is 1.27. The van der Waals surface area contributed by atoms with Gasteiger partial charge in [0.25, 0.3) is 0 Å². The molecule has 1 amide bonds. The van der Waals surface area contributed by atoms with E-state index in [9.17, 15) is 9.59 Å². The predicted molar refractivity (Wildman–Crippen MR) is 69.9 cm³/mol. The molecule has 0 saturated carbocycles. The lowest BCUT2D eigenvalue weighted by Crippen LogP contribution is -2.39. The molecule has 1 aromatic rings. The first-order valence-corrected chi connectivity index (χ1v) is 6.01. The number of aromatic carboxylic acids is 1. The molecule has 1 atom stereocenters. The highest BCUT2D eigenvalue weighted by Crippen LogP contribution is 2.04. The summed E-state index contributed by atoms with van der Waals surface area (Å²) in [5, 5.41) is 21.5. The third-order valence-electron chi connectivity index (χ3n) is 2.33. The smallest absolute Gasteiger partial charge is 0.356 e. The van der Waals surface area contributed by atoms with E-state index in [1.165, 1.54) is 12.1 Å². The van der Waals surface area contributed by atoms with E-state index in [1.54, 1.807) is 6.92 Å². The van der Waals surface area contributed by atoms with Crippen molar-refractivity contribution in [2.45, 2.75) is 26.8 Å². The van der Waals surface area contributed by atoms with Gasteiger partial charge in [0.15, 0.2) is 5.69 Å². The first-order chi connectivity index (χ1) is 8.90. The Balaban J connectivity index is 2.54. The molecule has 3 N–H and O–H groups in total. The van der Waals surface area contributed by atoms with E-state index in [4.69, 9.17) is 5.11 Å². The van der Waals surface area contributed by atoms with Gasteiger partial charge in [-0.15, -0.1) is 10.2 Å². The Labute approximate surface area is 111 Å². The number of rotatable bonds is 6. The summed E-state index contributed by atoms with van der Waals surface area (Å²) in [4.78, 5) is 22.3. The SMILES string of the molecule is CC(C)CNC(=O)C(C)Nc1ccc(C(=O)O)nn1. The van der Waals surface area contributed by atoms with Crippen molar-refractivity contribution in [3.05, 3.63) is 17.8 Å². The van der Waals surface area contributed by atoms with Gasteiger partial charge in [-0.2, -0.15) is 0 Å². The molecule has 104 valence electrons. The molecule has 7 nitrogen and oxygen atoms in total. The van der Waals surface area contributed by atoms with Crippen LogP contribution in [-0.2, 0) is 4.79 Å². The molecule has 0 aromatic carbocycles. The summed E-state index contributed by atoms with van der Waals surface area (Å²) in [6.07, 6.45) is 0. The molecule has 1 unspecified atom stereocenters. The Kier molecular flexibility index (Phi) is 5.23. The minimum Gasteiger partial charge on any atom is -0.476 e. The average molecular weight is 266 g/mol. The van der Waals surface area contributed by atoms with Gasteiger partial charge in [0.2, 0.25) is 5.91 Å². The normalized spacial score (nSPS) is 12.0. The molecular weight excluding hydrogens is 248 g/mol.